The van der Waals surface area contributed by atoms with Crippen LogP contribution in [-0.2, 0) is 10.0 Å². The standard InChI is InChI=1S/C9H8FN5O2S/c10-6-2-4-13-8(15-6)7-5(11)1-3-14-9(7)18(12,16)17/h1-4H,(H2,11,14)(H2,12,16,17). The quantitative estimate of drug-likeness (QED) is 0.734. The van der Waals surface area contributed by atoms with E-state index >= 15 is 0 Å². The number of nitrogen functional groups attached to an aromatic ring is 1. The summed E-state index contributed by atoms with van der Waals surface area (Å²) in [6, 6.07) is 2.37. The molecule has 0 aliphatic rings. The largest absolute Gasteiger partial charge is 0.398 e. The van der Waals surface area contributed by atoms with E-state index in [1.165, 1.54) is 12.3 Å². The molecule has 9 heteroatoms. The molecule has 0 unspecified atom stereocenters. The number of rotatable bonds is 2. The van der Waals surface area contributed by atoms with E-state index in [2.05, 4.69) is 15.0 Å². The molecular weight excluding hydrogens is 261 g/mol. The third-order valence-corrected chi connectivity index (χ3v) is 2.91. The molecule has 94 valence electrons. The molecule has 0 aliphatic heterocycles. The minimum absolute atomic E-state index is 0.0413. The predicted octanol–water partition coefficient (Wildman–Crippen LogP) is -0.0927. The molecule has 0 saturated heterocycles. The van der Waals surface area contributed by atoms with Crippen molar-refractivity contribution in [2.45, 2.75) is 5.03 Å². The molecule has 0 atom stereocenters. The van der Waals surface area contributed by atoms with Crippen LogP contribution in [0.25, 0.3) is 11.4 Å². The molecule has 2 aromatic heterocycles. The van der Waals surface area contributed by atoms with Gasteiger partial charge in [0.25, 0.3) is 10.0 Å². The van der Waals surface area contributed by atoms with Crippen LogP contribution in [0.5, 0.6) is 0 Å². The molecule has 2 aromatic rings. The van der Waals surface area contributed by atoms with Gasteiger partial charge in [0.1, 0.15) is 0 Å². The van der Waals surface area contributed by atoms with E-state index in [1.807, 2.05) is 0 Å². The molecule has 0 spiro atoms. The van der Waals surface area contributed by atoms with Gasteiger partial charge in [0.2, 0.25) is 5.95 Å². The van der Waals surface area contributed by atoms with Crippen molar-refractivity contribution >= 4 is 15.7 Å². The summed E-state index contributed by atoms with van der Waals surface area (Å²) in [4.78, 5) is 10.8. The van der Waals surface area contributed by atoms with Crippen LogP contribution < -0.4 is 10.9 Å². The summed E-state index contributed by atoms with van der Waals surface area (Å²) in [5, 5.41) is 4.51. The Morgan fingerprint density at radius 2 is 1.83 bits per heavy atom. The monoisotopic (exact) mass is 269 g/mol. The lowest BCUT2D eigenvalue weighted by atomic mass is 10.2. The fraction of sp³-hybridized carbons (Fsp3) is 0. The molecule has 0 fully saturated rings. The maximum atomic E-state index is 13.0. The molecule has 0 saturated carbocycles. The van der Waals surface area contributed by atoms with Crippen molar-refractivity contribution in [2.75, 3.05) is 5.73 Å². The Morgan fingerprint density at radius 1 is 1.17 bits per heavy atom. The first kappa shape index (κ1) is 12.3. The van der Waals surface area contributed by atoms with E-state index in [4.69, 9.17) is 10.9 Å². The number of anilines is 1. The molecule has 0 amide bonds. The smallest absolute Gasteiger partial charge is 0.256 e. The van der Waals surface area contributed by atoms with Crippen LogP contribution in [0.15, 0.2) is 29.6 Å². The highest BCUT2D eigenvalue weighted by molar-refractivity contribution is 7.89. The van der Waals surface area contributed by atoms with Gasteiger partial charge < -0.3 is 5.73 Å². The van der Waals surface area contributed by atoms with Gasteiger partial charge in [0.15, 0.2) is 10.9 Å². The molecule has 0 aromatic carbocycles. The minimum Gasteiger partial charge on any atom is -0.398 e. The summed E-state index contributed by atoms with van der Waals surface area (Å²) in [5.41, 5.74) is 5.57. The van der Waals surface area contributed by atoms with E-state index in [0.717, 1.165) is 12.3 Å². The third-order valence-electron chi connectivity index (χ3n) is 2.06. The first-order valence-electron chi connectivity index (χ1n) is 4.66. The normalized spacial score (nSPS) is 11.4. The predicted molar refractivity (Wildman–Crippen MR) is 61.0 cm³/mol. The number of halogens is 1. The SMILES string of the molecule is Nc1ccnc(S(N)(=O)=O)c1-c1nccc(F)n1. The number of primary sulfonamides is 1. The van der Waals surface area contributed by atoms with Crippen LogP contribution in [0, 0.1) is 5.95 Å². The van der Waals surface area contributed by atoms with Gasteiger partial charge in [-0.3, -0.25) is 0 Å². The Kier molecular flexibility index (Phi) is 2.93. The number of nitrogens with zero attached hydrogens (tertiary/aromatic N) is 3. The second-order valence-electron chi connectivity index (χ2n) is 3.33. The van der Waals surface area contributed by atoms with Gasteiger partial charge in [-0.1, -0.05) is 0 Å². The van der Waals surface area contributed by atoms with E-state index < -0.39 is 21.0 Å². The Morgan fingerprint density at radius 3 is 2.44 bits per heavy atom. The summed E-state index contributed by atoms with van der Waals surface area (Å²) in [7, 11) is -4.11. The molecule has 2 rings (SSSR count). The van der Waals surface area contributed by atoms with E-state index in [9.17, 15) is 12.8 Å². The summed E-state index contributed by atoms with van der Waals surface area (Å²) >= 11 is 0. The second-order valence-corrected chi connectivity index (χ2v) is 4.81. The van der Waals surface area contributed by atoms with Crippen molar-refractivity contribution in [1.82, 2.24) is 15.0 Å². The topological polar surface area (TPSA) is 125 Å². The molecule has 2 heterocycles. The average molecular weight is 269 g/mol. The zero-order chi connectivity index (χ0) is 13.3. The van der Waals surface area contributed by atoms with E-state index in [-0.39, 0.29) is 17.1 Å². The van der Waals surface area contributed by atoms with Crippen LogP contribution in [-0.4, -0.2) is 23.4 Å². The Labute approximate surface area is 102 Å². The van der Waals surface area contributed by atoms with Crippen molar-refractivity contribution in [3.63, 3.8) is 0 Å². The van der Waals surface area contributed by atoms with Crippen LogP contribution in [0.4, 0.5) is 10.1 Å². The van der Waals surface area contributed by atoms with Gasteiger partial charge in [-0.15, -0.1) is 0 Å². The summed E-state index contributed by atoms with van der Waals surface area (Å²) in [5.74, 6) is -1.01. The van der Waals surface area contributed by atoms with Gasteiger partial charge in [0.05, 0.1) is 5.56 Å². The number of hydrogen-bond donors (Lipinski definition) is 2. The Hall–Kier alpha value is -2.13. The Balaban J connectivity index is 2.79. The first-order valence-corrected chi connectivity index (χ1v) is 6.20. The number of aromatic nitrogens is 3. The zero-order valence-electron chi connectivity index (χ0n) is 8.91. The molecule has 18 heavy (non-hydrogen) atoms. The molecule has 7 nitrogen and oxygen atoms in total. The lowest BCUT2D eigenvalue weighted by Crippen LogP contribution is -2.16. The maximum absolute atomic E-state index is 13.0. The second kappa shape index (κ2) is 4.27. The van der Waals surface area contributed by atoms with Crippen molar-refractivity contribution in [1.29, 1.82) is 0 Å². The minimum atomic E-state index is -4.11. The van der Waals surface area contributed by atoms with Crippen molar-refractivity contribution in [3.05, 3.63) is 30.5 Å². The van der Waals surface area contributed by atoms with E-state index in [1.54, 1.807) is 0 Å². The van der Waals surface area contributed by atoms with Crippen LogP contribution in [0.1, 0.15) is 0 Å². The van der Waals surface area contributed by atoms with E-state index in [0.29, 0.717) is 0 Å². The fourth-order valence-corrected chi connectivity index (χ4v) is 2.06. The van der Waals surface area contributed by atoms with Crippen LogP contribution in [0.2, 0.25) is 0 Å². The Bertz CT molecular complexity index is 704. The lowest BCUT2D eigenvalue weighted by Gasteiger charge is -2.08. The highest BCUT2D eigenvalue weighted by atomic mass is 32.2. The van der Waals surface area contributed by atoms with Gasteiger partial charge in [-0.25, -0.2) is 23.5 Å². The zero-order valence-corrected chi connectivity index (χ0v) is 9.72. The molecule has 4 N–H and O–H groups in total. The molecule has 0 aliphatic carbocycles. The summed E-state index contributed by atoms with van der Waals surface area (Å²) in [6.45, 7) is 0. The van der Waals surface area contributed by atoms with Gasteiger partial charge in [0, 0.05) is 24.1 Å². The summed E-state index contributed by atoms with van der Waals surface area (Å²) in [6.07, 6.45) is 2.31. The van der Waals surface area contributed by atoms with Crippen molar-refractivity contribution in [2.24, 2.45) is 5.14 Å². The first-order chi connectivity index (χ1) is 8.39. The third kappa shape index (κ3) is 2.26. The van der Waals surface area contributed by atoms with Crippen LogP contribution in [0.3, 0.4) is 0 Å². The fourth-order valence-electron chi connectivity index (χ4n) is 1.35. The lowest BCUT2D eigenvalue weighted by molar-refractivity contribution is 0.580. The highest BCUT2D eigenvalue weighted by Crippen LogP contribution is 2.27. The van der Waals surface area contributed by atoms with Gasteiger partial charge >= 0.3 is 0 Å². The highest BCUT2D eigenvalue weighted by Gasteiger charge is 2.21. The molecule has 0 bridgehead atoms. The van der Waals surface area contributed by atoms with Crippen molar-refractivity contribution in [3.8, 4) is 11.4 Å². The maximum Gasteiger partial charge on any atom is 0.256 e. The number of pyridine rings is 1. The molecular formula is C9H8FN5O2S. The van der Waals surface area contributed by atoms with Crippen molar-refractivity contribution < 1.29 is 12.8 Å². The molecule has 0 radical (unpaired) electrons. The van der Waals surface area contributed by atoms with Gasteiger partial charge in [-0.05, 0) is 6.07 Å². The average Bonchev–Trinajstić information content (AvgIpc) is 2.27. The number of nitrogens with two attached hydrogens (primary N) is 2. The van der Waals surface area contributed by atoms with Crippen LogP contribution >= 0.6 is 0 Å². The number of hydrogen-bond acceptors (Lipinski definition) is 6. The summed E-state index contributed by atoms with van der Waals surface area (Å²) < 4.78 is 35.8. The number of sulfonamides is 1. The van der Waals surface area contributed by atoms with Gasteiger partial charge in [-0.2, -0.15) is 9.37 Å².